The third-order valence-electron chi connectivity index (χ3n) is 8.06. The molecule has 32 heavy (non-hydrogen) atoms. The van der Waals surface area contributed by atoms with Crippen molar-refractivity contribution in [3.8, 4) is 5.75 Å². The minimum atomic E-state index is -0.838. The zero-order valence-electron chi connectivity index (χ0n) is 20.4. The monoisotopic (exact) mass is 446 g/mol. The van der Waals surface area contributed by atoms with Gasteiger partial charge in [0.15, 0.2) is 11.6 Å². The minimum absolute atomic E-state index is 0.00594. The van der Waals surface area contributed by atoms with Gasteiger partial charge >= 0.3 is 0 Å². The standard InChI is InChI=1S/C29H44F2O/c1-3-5-6-7-8-9-21-32-27-20-19-26(28(30)29(27)31)25-17-15-24(16-18-25)23-13-11-22(10-4-2)12-14-23/h9,19-25H,3-8,10-18H2,1-2H3/b21-9+. The molecule has 0 spiro atoms. The maximum absolute atomic E-state index is 14.8. The van der Waals surface area contributed by atoms with Crippen molar-refractivity contribution in [1.29, 1.82) is 0 Å². The molecule has 0 unspecified atom stereocenters. The normalized spacial score (nSPS) is 26.5. The summed E-state index contributed by atoms with van der Waals surface area (Å²) < 4.78 is 34.9. The molecule has 0 saturated heterocycles. The van der Waals surface area contributed by atoms with Gasteiger partial charge in [-0.15, -0.1) is 0 Å². The molecule has 1 aromatic carbocycles. The van der Waals surface area contributed by atoms with Crippen molar-refractivity contribution in [2.75, 3.05) is 0 Å². The van der Waals surface area contributed by atoms with Gasteiger partial charge in [0, 0.05) is 0 Å². The van der Waals surface area contributed by atoms with Gasteiger partial charge in [-0.1, -0.05) is 64.9 Å². The number of allylic oxidation sites excluding steroid dienone is 1. The summed E-state index contributed by atoms with van der Waals surface area (Å²) >= 11 is 0. The number of rotatable bonds is 11. The Morgan fingerprint density at radius 1 is 0.812 bits per heavy atom. The van der Waals surface area contributed by atoms with Gasteiger partial charge in [-0.25, -0.2) is 4.39 Å². The third-order valence-corrected chi connectivity index (χ3v) is 8.06. The maximum atomic E-state index is 14.8. The summed E-state index contributed by atoms with van der Waals surface area (Å²) in [5.74, 6) is 1.18. The van der Waals surface area contributed by atoms with Crippen LogP contribution < -0.4 is 4.74 Å². The van der Waals surface area contributed by atoms with Gasteiger partial charge in [0.25, 0.3) is 0 Å². The van der Waals surface area contributed by atoms with E-state index in [4.69, 9.17) is 4.74 Å². The summed E-state index contributed by atoms with van der Waals surface area (Å²) in [6.07, 6.45) is 21.6. The van der Waals surface area contributed by atoms with Crippen LogP contribution in [0, 0.1) is 29.4 Å². The molecule has 2 aliphatic carbocycles. The highest BCUT2D eigenvalue weighted by Crippen LogP contribution is 2.45. The van der Waals surface area contributed by atoms with Crippen LogP contribution in [0.1, 0.15) is 122 Å². The van der Waals surface area contributed by atoms with E-state index in [2.05, 4.69) is 13.8 Å². The first-order valence-corrected chi connectivity index (χ1v) is 13.4. The lowest BCUT2D eigenvalue weighted by Gasteiger charge is -2.38. The Morgan fingerprint density at radius 2 is 1.50 bits per heavy atom. The molecule has 1 aromatic rings. The SMILES string of the molecule is CCCCCC/C=C/Oc1ccc(C2CCC(C3CCC(CCC)CC3)CC2)c(F)c1F. The summed E-state index contributed by atoms with van der Waals surface area (Å²) in [6, 6.07) is 3.36. The van der Waals surface area contributed by atoms with E-state index in [1.54, 1.807) is 12.1 Å². The van der Waals surface area contributed by atoms with Crippen molar-refractivity contribution in [3.05, 3.63) is 41.7 Å². The maximum Gasteiger partial charge on any atom is 0.201 e. The smallest absolute Gasteiger partial charge is 0.201 e. The van der Waals surface area contributed by atoms with Gasteiger partial charge in [0.2, 0.25) is 5.82 Å². The molecule has 180 valence electrons. The van der Waals surface area contributed by atoms with Crippen LogP contribution in [0.5, 0.6) is 5.75 Å². The number of hydrogen-bond donors (Lipinski definition) is 0. The fraction of sp³-hybridized carbons (Fsp3) is 0.724. The average Bonchev–Trinajstić information content (AvgIpc) is 2.82. The lowest BCUT2D eigenvalue weighted by Crippen LogP contribution is -2.25. The van der Waals surface area contributed by atoms with Crippen molar-refractivity contribution >= 4 is 0 Å². The Bertz CT molecular complexity index is 697. The van der Waals surface area contributed by atoms with Crippen molar-refractivity contribution in [2.45, 2.75) is 116 Å². The summed E-state index contributed by atoms with van der Waals surface area (Å²) in [4.78, 5) is 0. The quantitative estimate of drug-likeness (QED) is 0.243. The van der Waals surface area contributed by atoms with Gasteiger partial charge < -0.3 is 4.74 Å². The Morgan fingerprint density at radius 3 is 2.16 bits per heavy atom. The summed E-state index contributed by atoms with van der Waals surface area (Å²) in [5, 5.41) is 0. The van der Waals surface area contributed by atoms with Crippen LogP contribution in [0.15, 0.2) is 24.5 Å². The number of ether oxygens (including phenoxy) is 1. The molecular weight excluding hydrogens is 402 g/mol. The molecule has 0 bridgehead atoms. The Balaban J connectivity index is 1.47. The Hall–Kier alpha value is -1.38. The Kier molecular flexibility index (Phi) is 10.5. The van der Waals surface area contributed by atoms with Crippen molar-refractivity contribution in [2.24, 2.45) is 17.8 Å². The number of unbranched alkanes of at least 4 members (excludes halogenated alkanes) is 4. The van der Waals surface area contributed by atoms with Gasteiger partial charge in [-0.3, -0.25) is 0 Å². The average molecular weight is 447 g/mol. The molecule has 2 fully saturated rings. The fourth-order valence-electron chi connectivity index (χ4n) is 6.09. The third kappa shape index (κ3) is 7.06. The Labute approximate surface area is 195 Å². The van der Waals surface area contributed by atoms with E-state index in [1.165, 1.54) is 64.0 Å². The van der Waals surface area contributed by atoms with Crippen molar-refractivity contribution < 1.29 is 13.5 Å². The topological polar surface area (TPSA) is 9.23 Å². The second-order valence-electron chi connectivity index (χ2n) is 10.3. The predicted octanol–water partition coefficient (Wildman–Crippen LogP) is 9.71. The predicted molar refractivity (Wildman–Crippen MR) is 130 cm³/mol. The summed E-state index contributed by atoms with van der Waals surface area (Å²) in [6.45, 7) is 4.48. The largest absolute Gasteiger partial charge is 0.462 e. The van der Waals surface area contributed by atoms with Crippen molar-refractivity contribution in [1.82, 2.24) is 0 Å². The van der Waals surface area contributed by atoms with Crippen LogP contribution in [-0.2, 0) is 0 Å². The molecule has 0 heterocycles. The number of hydrogen-bond acceptors (Lipinski definition) is 1. The van der Waals surface area contributed by atoms with E-state index in [0.717, 1.165) is 56.3 Å². The van der Waals surface area contributed by atoms with Crippen molar-refractivity contribution in [3.63, 3.8) is 0 Å². The molecule has 1 nitrogen and oxygen atoms in total. The summed E-state index contributed by atoms with van der Waals surface area (Å²) in [5.41, 5.74) is 0.545. The van der Waals surface area contributed by atoms with E-state index >= 15 is 0 Å². The van der Waals surface area contributed by atoms with Gasteiger partial charge in [-0.05, 0) is 92.7 Å². The van der Waals surface area contributed by atoms with E-state index < -0.39 is 11.6 Å². The van der Waals surface area contributed by atoms with Crippen LogP contribution in [0.2, 0.25) is 0 Å². The molecule has 0 aromatic heterocycles. The van der Waals surface area contributed by atoms with Gasteiger partial charge in [-0.2, -0.15) is 4.39 Å². The summed E-state index contributed by atoms with van der Waals surface area (Å²) in [7, 11) is 0. The van der Waals surface area contributed by atoms with Crippen LogP contribution >= 0.6 is 0 Å². The van der Waals surface area contributed by atoms with Crippen LogP contribution in [0.25, 0.3) is 0 Å². The first kappa shape index (κ1) is 25.2. The molecule has 3 heteroatoms. The van der Waals surface area contributed by atoms with Crippen LogP contribution in [0.4, 0.5) is 8.78 Å². The lowest BCUT2D eigenvalue weighted by atomic mass is 9.68. The number of benzene rings is 1. The lowest BCUT2D eigenvalue weighted by molar-refractivity contribution is 0.156. The molecule has 2 aliphatic rings. The molecule has 2 saturated carbocycles. The molecule has 0 radical (unpaired) electrons. The van der Waals surface area contributed by atoms with E-state index in [9.17, 15) is 8.78 Å². The highest BCUT2D eigenvalue weighted by Gasteiger charge is 2.32. The molecule has 0 amide bonds. The first-order chi connectivity index (χ1) is 15.6. The molecule has 0 N–H and O–H groups in total. The van der Waals surface area contributed by atoms with Gasteiger partial charge in [0.05, 0.1) is 6.26 Å². The van der Waals surface area contributed by atoms with E-state index in [0.29, 0.717) is 5.56 Å². The minimum Gasteiger partial charge on any atom is -0.462 e. The second kappa shape index (κ2) is 13.4. The highest BCUT2D eigenvalue weighted by atomic mass is 19.2. The van der Waals surface area contributed by atoms with E-state index in [-0.39, 0.29) is 11.7 Å². The number of halogens is 2. The highest BCUT2D eigenvalue weighted by molar-refractivity contribution is 5.33. The fourth-order valence-corrected chi connectivity index (χ4v) is 6.09. The zero-order chi connectivity index (χ0) is 22.8. The molecule has 0 atom stereocenters. The van der Waals surface area contributed by atoms with Crippen LogP contribution in [0.3, 0.4) is 0 Å². The zero-order valence-corrected chi connectivity index (χ0v) is 20.4. The molecular formula is C29H44F2O. The van der Waals surface area contributed by atoms with Crippen LogP contribution in [-0.4, -0.2) is 0 Å². The van der Waals surface area contributed by atoms with E-state index in [1.807, 2.05) is 6.08 Å². The molecule has 0 aliphatic heterocycles. The first-order valence-electron chi connectivity index (χ1n) is 13.4. The molecule has 3 rings (SSSR count). The van der Waals surface area contributed by atoms with Gasteiger partial charge in [0.1, 0.15) is 0 Å². The second-order valence-corrected chi connectivity index (χ2v) is 10.3.